The highest BCUT2D eigenvalue weighted by Crippen LogP contribution is 2.50. The topological polar surface area (TPSA) is 48.8 Å². The first-order valence-electron chi connectivity index (χ1n) is 16.6. The molecule has 12 rings (SSSR count). The maximum absolute atomic E-state index is 6.62. The van der Waals surface area contributed by atoms with Crippen molar-refractivity contribution in [3.05, 3.63) is 146 Å². The third-order valence-corrected chi connectivity index (χ3v) is 10.5. The van der Waals surface area contributed by atoms with Gasteiger partial charge >= 0.3 is 0 Å². The number of aromatic nitrogens is 4. The molecule has 4 aromatic heterocycles. The second-order valence-electron chi connectivity index (χ2n) is 12.9. The van der Waals surface area contributed by atoms with Crippen LogP contribution in [0.3, 0.4) is 0 Å². The molecule has 0 spiro atoms. The van der Waals surface area contributed by atoms with Crippen LogP contribution in [-0.4, -0.2) is 19.1 Å². The molecule has 226 valence electrons. The number of rotatable bonds is 3. The molecule has 0 amide bonds. The van der Waals surface area contributed by atoms with Crippen molar-refractivity contribution in [2.75, 3.05) is 0 Å². The molecular weight excluding hydrogens is 601 g/mol. The Morgan fingerprint density at radius 1 is 0.388 bits per heavy atom. The minimum atomic E-state index is 0.649. The van der Waals surface area contributed by atoms with E-state index in [0.717, 1.165) is 60.8 Å². The number of hydrogen-bond acceptors (Lipinski definition) is 3. The van der Waals surface area contributed by atoms with Crippen LogP contribution in [0.25, 0.3) is 110 Å². The van der Waals surface area contributed by atoms with Gasteiger partial charge in [-0.15, -0.1) is 0 Å². The largest absolute Gasteiger partial charge is 0.456 e. The highest BCUT2D eigenvalue weighted by molar-refractivity contribution is 6.42. The molecule has 0 aliphatic carbocycles. The SMILES string of the molecule is c1ccc(-c2nc(-n3c4ccc5oc6cccc7c8cccc9c8c8c(c4c5c67)c3ccc8n9-c3ccccc3)nc3ccccc23)cc1. The van der Waals surface area contributed by atoms with E-state index in [4.69, 9.17) is 14.4 Å². The Labute approximate surface area is 278 Å². The molecule has 49 heavy (non-hydrogen) atoms. The average molecular weight is 625 g/mol. The monoisotopic (exact) mass is 624 g/mol. The van der Waals surface area contributed by atoms with E-state index in [9.17, 15) is 0 Å². The molecule has 0 saturated heterocycles. The van der Waals surface area contributed by atoms with Crippen molar-refractivity contribution >= 4 is 87.2 Å². The lowest BCUT2D eigenvalue weighted by atomic mass is 9.95. The number of fused-ring (bicyclic) bond motifs is 2. The Kier molecular flexibility index (Phi) is 4.66. The Morgan fingerprint density at radius 2 is 0.980 bits per heavy atom. The maximum Gasteiger partial charge on any atom is 0.235 e. The maximum atomic E-state index is 6.62. The van der Waals surface area contributed by atoms with Gasteiger partial charge in [-0.05, 0) is 65.4 Å². The molecule has 0 radical (unpaired) electrons. The second-order valence-corrected chi connectivity index (χ2v) is 12.9. The fraction of sp³-hybridized carbons (Fsp3) is 0. The van der Waals surface area contributed by atoms with Gasteiger partial charge in [-0.2, -0.15) is 0 Å². The van der Waals surface area contributed by atoms with Crippen LogP contribution in [0.5, 0.6) is 0 Å². The van der Waals surface area contributed by atoms with E-state index < -0.39 is 0 Å². The van der Waals surface area contributed by atoms with Crippen molar-refractivity contribution in [3.63, 3.8) is 0 Å². The summed E-state index contributed by atoms with van der Waals surface area (Å²) in [5.41, 5.74) is 10.3. The molecule has 12 aromatic rings. The smallest absolute Gasteiger partial charge is 0.235 e. The molecule has 0 aliphatic heterocycles. The summed E-state index contributed by atoms with van der Waals surface area (Å²) < 4.78 is 11.3. The van der Waals surface area contributed by atoms with Gasteiger partial charge in [0, 0.05) is 49.0 Å². The molecular formula is C44H24N4O. The highest BCUT2D eigenvalue weighted by atomic mass is 16.3. The fourth-order valence-electron chi connectivity index (χ4n) is 8.55. The van der Waals surface area contributed by atoms with Gasteiger partial charge < -0.3 is 8.98 Å². The van der Waals surface area contributed by atoms with E-state index in [0.29, 0.717) is 5.95 Å². The summed E-state index contributed by atoms with van der Waals surface area (Å²) in [6, 6.07) is 51.4. The van der Waals surface area contributed by atoms with Crippen LogP contribution in [-0.2, 0) is 0 Å². The Hall–Kier alpha value is -6.72. The van der Waals surface area contributed by atoms with E-state index in [-0.39, 0.29) is 0 Å². The predicted octanol–water partition coefficient (Wildman–Crippen LogP) is 11.4. The average Bonchev–Trinajstić information content (AvgIpc) is 3.82. The number of furan rings is 1. The zero-order valence-corrected chi connectivity index (χ0v) is 26.1. The van der Waals surface area contributed by atoms with Crippen LogP contribution < -0.4 is 0 Å². The van der Waals surface area contributed by atoms with Crippen LogP contribution in [0.2, 0.25) is 0 Å². The van der Waals surface area contributed by atoms with Gasteiger partial charge in [0.15, 0.2) is 0 Å². The van der Waals surface area contributed by atoms with Crippen molar-refractivity contribution < 1.29 is 4.42 Å². The molecule has 5 nitrogen and oxygen atoms in total. The van der Waals surface area contributed by atoms with Crippen LogP contribution in [0.4, 0.5) is 0 Å². The van der Waals surface area contributed by atoms with E-state index in [1.165, 1.54) is 43.4 Å². The van der Waals surface area contributed by atoms with Crippen LogP contribution in [0.15, 0.2) is 150 Å². The Morgan fingerprint density at radius 3 is 1.82 bits per heavy atom. The summed E-state index contributed by atoms with van der Waals surface area (Å²) >= 11 is 0. The Balaban J connectivity index is 1.36. The van der Waals surface area contributed by atoms with Gasteiger partial charge in [-0.1, -0.05) is 91.0 Å². The van der Waals surface area contributed by atoms with Gasteiger partial charge in [0.1, 0.15) is 11.2 Å². The number of nitrogens with zero attached hydrogens (tertiary/aromatic N) is 4. The van der Waals surface area contributed by atoms with Gasteiger partial charge in [0.05, 0.1) is 33.3 Å². The summed E-state index contributed by atoms with van der Waals surface area (Å²) in [5, 5.41) is 10.5. The minimum Gasteiger partial charge on any atom is -0.456 e. The first-order chi connectivity index (χ1) is 24.3. The molecule has 0 fully saturated rings. The van der Waals surface area contributed by atoms with Crippen LogP contribution >= 0.6 is 0 Å². The van der Waals surface area contributed by atoms with Crippen LogP contribution in [0, 0.1) is 0 Å². The zero-order valence-electron chi connectivity index (χ0n) is 26.1. The van der Waals surface area contributed by atoms with E-state index in [1.54, 1.807) is 0 Å². The normalized spacial score (nSPS) is 12.5. The van der Waals surface area contributed by atoms with E-state index >= 15 is 0 Å². The van der Waals surface area contributed by atoms with Crippen molar-refractivity contribution in [3.8, 4) is 22.9 Å². The third kappa shape index (κ3) is 3.15. The lowest BCUT2D eigenvalue weighted by Gasteiger charge is -2.12. The van der Waals surface area contributed by atoms with E-state index in [1.807, 2.05) is 6.07 Å². The summed E-state index contributed by atoms with van der Waals surface area (Å²) in [5.74, 6) is 0.649. The second kappa shape index (κ2) is 9.00. The molecule has 0 N–H and O–H groups in total. The summed E-state index contributed by atoms with van der Waals surface area (Å²) in [4.78, 5) is 10.6. The van der Waals surface area contributed by atoms with Gasteiger partial charge in [-0.25, -0.2) is 9.97 Å². The molecule has 0 unspecified atom stereocenters. The number of para-hydroxylation sites is 2. The molecule has 0 saturated carbocycles. The summed E-state index contributed by atoms with van der Waals surface area (Å²) in [7, 11) is 0. The molecule has 0 bridgehead atoms. The molecule has 0 atom stereocenters. The molecule has 5 heteroatoms. The lowest BCUT2D eigenvalue weighted by molar-refractivity contribution is 0.669. The minimum absolute atomic E-state index is 0.649. The predicted molar refractivity (Wildman–Crippen MR) is 201 cm³/mol. The lowest BCUT2D eigenvalue weighted by Crippen LogP contribution is -2.03. The van der Waals surface area contributed by atoms with Gasteiger partial charge in [0.25, 0.3) is 0 Å². The van der Waals surface area contributed by atoms with Crippen molar-refractivity contribution in [2.24, 2.45) is 0 Å². The van der Waals surface area contributed by atoms with Gasteiger partial charge in [0.2, 0.25) is 5.95 Å². The standard InChI is InChI=1S/C44H24N4O/c1-3-11-25(12-4-1)43-29-15-7-8-18-30(29)45-44(46-43)48-33-22-21-32-39-37-27(16-9-19-31(37)47(32)26-13-5-2-6-14-26)28-17-10-20-35-38(28)42-36(49-35)24-23-34(48)41(42)40(33)39/h1-24H. The fourth-order valence-corrected chi connectivity index (χ4v) is 8.55. The highest BCUT2D eigenvalue weighted by Gasteiger charge is 2.27. The summed E-state index contributed by atoms with van der Waals surface area (Å²) in [6.45, 7) is 0. The van der Waals surface area contributed by atoms with Crippen molar-refractivity contribution in [1.29, 1.82) is 0 Å². The quantitative estimate of drug-likeness (QED) is 0.196. The van der Waals surface area contributed by atoms with E-state index in [2.05, 4.69) is 149 Å². The molecule has 0 aliphatic rings. The van der Waals surface area contributed by atoms with Gasteiger partial charge in [-0.3, -0.25) is 4.57 Å². The number of hydrogen-bond donors (Lipinski definition) is 0. The first-order valence-corrected chi connectivity index (χ1v) is 16.6. The van der Waals surface area contributed by atoms with Crippen LogP contribution in [0.1, 0.15) is 0 Å². The van der Waals surface area contributed by atoms with Crippen molar-refractivity contribution in [2.45, 2.75) is 0 Å². The Bertz CT molecular complexity index is 3260. The zero-order chi connectivity index (χ0) is 31.8. The number of benzene rings is 7. The van der Waals surface area contributed by atoms with Crippen molar-refractivity contribution in [1.82, 2.24) is 19.1 Å². The first kappa shape index (κ1) is 25.4. The molecule has 4 heterocycles. The summed E-state index contributed by atoms with van der Waals surface area (Å²) in [6.07, 6.45) is 0. The molecule has 8 aromatic carbocycles. The third-order valence-electron chi connectivity index (χ3n) is 10.5.